The van der Waals surface area contributed by atoms with Gasteiger partial charge in [0.1, 0.15) is 6.04 Å². The number of nitriles is 1. The third kappa shape index (κ3) is 2.93. The van der Waals surface area contributed by atoms with Crippen LogP contribution in [0, 0.1) is 30.1 Å². The van der Waals surface area contributed by atoms with Crippen LogP contribution in [0.5, 0.6) is 0 Å². The summed E-state index contributed by atoms with van der Waals surface area (Å²) in [6.45, 7) is 3.34. The van der Waals surface area contributed by atoms with E-state index < -0.39 is 6.04 Å². The van der Waals surface area contributed by atoms with Crippen LogP contribution in [-0.4, -0.2) is 25.2 Å². The first-order valence-electron chi connectivity index (χ1n) is 7.54. The van der Waals surface area contributed by atoms with Gasteiger partial charge in [-0.1, -0.05) is 24.3 Å². The molecule has 0 spiro atoms. The van der Waals surface area contributed by atoms with Gasteiger partial charge in [0, 0.05) is 18.4 Å². The molecule has 4 atom stereocenters. The van der Waals surface area contributed by atoms with Crippen LogP contribution in [-0.2, 0) is 9.53 Å². The van der Waals surface area contributed by atoms with Crippen LogP contribution in [0.15, 0.2) is 24.3 Å². The van der Waals surface area contributed by atoms with Crippen molar-refractivity contribution in [3.05, 3.63) is 35.4 Å². The van der Waals surface area contributed by atoms with Crippen molar-refractivity contribution in [3.63, 3.8) is 0 Å². The lowest BCUT2D eigenvalue weighted by molar-refractivity contribution is -0.123. The number of nitrogens with zero attached hydrogens (tertiary/aromatic N) is 1. The first-order valence-corrected chi connectivity index (χ1v) is 7.54. The topological polar surface area (TPSA) is 62.1 Å². The van der Waals surface area contributed by atoms with Crippen molar-refractivity contribution in [1.29, 1.82) is 5.26 Å². The van der Waals surface area contributed by atoms with E-state index in [1.54, 1.807) is 0 Å². The molecule has 21 heavy (non-hydrogen) atoms. The zero-order chi connectivity index (χ0) is 14.8. The molecule has 1 saturated heterocycles. The lowest BCUT2D eigenvalue weighted by Gasteiger charge is -2.16. The summed E-state index contributed by atoms with van der Waals surface area (Å²) in [7, 11) is 0. The van der Waals surface area contributed by atoms with Gasteiger partial charge in [0.15, 0.2) is 0 Å². The molecule has 2 fully saturated rings. The van der Waals surface area contributed by atoms with Gasteiger partial charge < -0.3 is 10.1 Å². The largest absolute Gasteiger partial charge is 0.381 e. The highest BCUT2D eigenvalue weighted by molar-refractivity contribution is 5.83. The van der Waals surface area contributed by atoms with Gasteiger partial charge in [0.05, 0.1) is 12.7 Å². The molecule has 3 rings (SSSR count). The molecule has 1 amide bonds. The van der Waals surface area contributed by atoms with E-state index in [9.17, 15) is 10.1 Å². The van der Waals surface area contributed by atoms with Gasteiger partial charge >= 0.3 is 0 Å². The fraction of sp³-hybridized carbons (Fsp3) is 0.529. The van der Waals surface area contributed by atoms with Crippen molar-refractivity contribution in [2.24, 2.45) is 11.8 Å². The summed E-state index contributed by atoms with van der Waals surface area (Å²) in [5.74, 6) is 0.478. The molecule has 1 aliphatic heterocycles. The van der Waals surface area contributed by atoms with Crippen LogP contribution >= 0.6 is 0 Å². The monoisotopic (exact) mass is 284 g/mol. The number of carbonyl (C=O) groups excluding carboxylic acids is 1. The summed E-state index contributed by atoms with van der Waals surface area (Å²) in [5.41, 5.74) is 2.49. The van der Waals surface area contributed by atoms with Crippen LogP contribution in [0.25, 0.3) is 0 Å². The predicted molar refractivity (Wildman–Crippen MR) is 78.5 cm³/mol. The molecule has 1 heterocycles. The SMILES string of the molecule is Cc1ccccc1[C@@H]1C[C@@H]1C(=O)N[C@H](C#N)[C@H]1CCOC1. The minimum Gasteiger partial charge on any atom is -0.381 e. The summed E-state index contributed by atoms with van der Waals surface area (Å²) >= 11 is 0. The van der Waals surface area contributed by atoms with Crippen molar-refractivity contribution in [3.8, 4) is 6.07 Å². The Morgan fingerprint density at radius 3 is 2.95 bits per heavy atom. The smallest absolute Gasteiger partial charge is 0.224 e. The van der Waals surface area contributed by atoms with Crippen LogP contribution in [0.4, 0.5) is 0 Å². The number of hydrogen-bond acceptors (Lipinski definition) is 3. The normalized spacial score (nSPS) is 28.7. The molecule has 1 saturated carbocycles. The molecular weight excluding hydrogens is 264 g/mol. The van der Waals surface area contributed by atoms with Crippen molar-refractivity contribution >= 4 is 5.91 Å². The molecule has 2 aliphatic rings. The lowest BCUT2D eigenvalue weighted by atomic mass is 9.99. The van der Waals surface area contributed by atoms with E-state index in [4.69, 9.17) is 4.74 Å². The number of nitrogens with one attached hydrogen (secondary N) is 1. The highest BCUT2D eigenvalue weighted by Gasteiger charge is 2.45. The van der Waals surface area contributed by atoms with Crippen molar-refractivity contribution < 1.29 is 9.53 Å². The van der Waals surface area contributed by atoms with E-state index in [2.05, 4.69) is 30.4 Å². The molecule has 0 bridgehead atoms. The van der Waals surface area contributed by atoms with Gasteiger partial charge in [-0.15, -0.1) is 0 Å². The maximum Gasteiger partial charge on any atom is 0.224 e. The fourth-order valence-electron chi connectivity index (χ4n) is 3.16. The van der Waals surface area contributed by atoms with E-state index in [0.717, 1.165) is 12.8 Å². The molecule has 4 nitrogen and oxygen atoms in total. The van der Waals surface area contributed by atoms with E-state index in [0.29, 0.717) is 19.1 Å². The molecule has 4 heteroatoms. The third-order valence-electron chi connectivity index (χ3n) is 4.59. The standard InChI is InChI=1S/C17H20N2O2/c1-11-4-2-3-5-13(11)14-8-15(14)17(20)19-16(9-18)12-6-7-21-10-12/h2-5,12,14-16H,6-8,10H2,1H3,(H,19,20)/t12-,14-,15-,16+/m0/s1. The highest BCUT2D eigenvalue weighted by atomic mass is 16.5. The zero-order valence-corrected chi connectivity index (χ0v) is 12.2. The Hall–Kier alpha value is -1.86. The highest BCUT2D eigenvalue weighted by Crippen LogP contribution is 2.48. The Balaban J connectivity index is 1.60. The van der Waals surface area contributed by atoms with E-state index in [1.165, 1.54) is 11.1 Å². The summed E-state index contributed by atoms with van der Waals surface area (Å²) in [4.78, 5) is 12.3. The second kappa shape index (κ2) is 5.87. The first kappa shape index (κ1) is 14.1. The lowest BCUT2D eigenvalue weighted by Crippen LogP contribution is -2.40. The number of benzene rings is 1. The van der Waals surface area contributed by atoms with E-state index >= 15 is 0 Å². The third-order valence-corrected chi connectivity index (χ3v) is 4.59. The number of aryl methyl sites for hydroxylation is 1. The van der Waals surface area contributed by atoms with Crippen LogP contribution in [0.1, 0.15) is 29.9 Å². The summed E-state index contributed by atoms with van der Waals surface area (Å²) in [6, 6.07) is 10.0. The van der Waals surface area contributed by atoms with Gasteiger partial charge in [-0.25, -0.2) is 0 Å². The Morgan fingerprint density at radius 2 is 2.29 bits per heavy atom. The van der Waals surface area contributed by atoms with Crippen LogP contribution in [0.2, 0.25) is 0 Å². The minimum atomic E-state index is -0.418. The number of rotatable bonds is 4. The molecule has 1 N–H and O–H groups in total. The van der Waals surface area contributed by atoms with Gasteiger partial charge in [-0.2, -0.15) is 5.26 Å². The molecule has 1 aliphatic carbocycles. The van der Waals surface area contributed by atoms with E-state index in [-0.39, 0.29) is 17.7 Å². The molecule has 1 aromatic carbocycles. The van der Waals surface area contributed by atoms with Gasteiger partial charge in [-0.05, 0) is 36.8 Å². The summed E-state index contributed by atoms with van der Waals surface area (Å²) < 4.78 is 5.30. The number of hydrogen-bond donors (Lipinski definition) is 1. The zero-order valence-electron chi connectivity index (χ0n) is 12.2. The van der Waals surface area contributed by atoms with Gasteiger partial charge in [0.2, 0.25) is 5.91 Å². The second-order valence-corrected chi connectivity index (χ2v) is 6.04. The average Bonchev–Trinajstić information content (AvgIpc) is 3.10. The van der Waals surface area contributed by atoms with Crippen LogP contribution in [0.3, 0.4) is 0 Å². The van der Waals surface area contributed by atoms with E-state index in [1.807, 2.05) is 12.1 Å². The number of carbonyl (C=O) groups is 1. The average molecular weight is 284 g/mol. The quantitative estimate of drug-likeness (QED) is 0.921. The molecule has 0 aromatic heterocycles. The molecule has 0 unspecified atom stereocenters. The number of ether oxygens (including phenoxy) is 1. The van der Waals surface area contributed by atoms with Crippen LogP contribution < -0.4 is 5.32 Å². The Labute approximate surface area is 125 Å². The molecule has 110 valence electrons. The van der Waals surface area contributed by atoms with Crippen molar-refractivity contribution in [2.45, 2.75) is 31.7 Å². The minimum absolute atomic E-state index is 0.0155. The predicted octanol–water partition coefficient (Wildman–Crippen LogP) is 2.14. The van der Waals surface area contributed by atoms with Crippen molar-refractivity contribution in [2.75, 3.05) is 13.2 Å². The Kier molecular flexibility index (Phi) is 3.94. The summed E-state index contributed by atoms with van der Waals surface area (Å²) in [6.07, 6.45) is 1.74. The first-order chi connectivity index (χ1) is 10.2. The molecule has 0 radical (unpaired) electrons. The molecule has 1 aromatic rings. The van der Waals surface area contributed by atoms with Gasteiger partial charge in [-0.3, -0.25) is 4.79 Å². The maximum atomic E-state index is 12.3. The second-order valence-electron chi connectivity index (χ2n) is 6.04. The fourth-order valence-corrected chi connectivity index (χ4v) is 3.16. The van der Waals surface area contributed by atoms with Crippen molar-refractivity contribution in [1.82, 2.24) is 5.32 Å². The maximum absolute atomic E-state index is 12.3. The number of amides is 1. The van der Waals surface area contributed by atoms with Gasteiger partial charge in [0.25, 0.3) is 0 Å². The summed E-state index contributed by atoms with van der Waals surface area (Å²) in [5, 5.41) is 12.2. The Bertz CT molecular complexity index is 572. The molecular formula is C17H20N2O2. The Morgan fingerprint density at radius 1 is 1.48 bits per heavy atom.